The maximum atomic E-state index is 14.1. The van der Waals surface area contributed by atoms with Gasteiger partial charge in [-0.25, -0.2) is 4.39 Å². The van der Waals surface area contributed by atoms with Crippen molar-refractivity contribution in [2.75, 3.05) is 5.88 Å². The molecule has 2 aromatic carbocycles. The zero-order valence-corrected chi connectivity index (χ0v) is 12.5. The lowest BCUT2D eigenvalue weighted by molar-refractivity contribution is 0.310. The van der Waals surface area contributed by atoms with Crippen molar-refractivity contribution in [3.8, 4) is 0 Å². The summed E-state index contributed by atoms with van der Waals surface area (Å²) in [4.78, 5) is 0. The molecule has 0 radical (unpaired) electrons. The van der Waals surface area contributed by atoms with Crippen LogP contribution in [-0.4, -0.2) is 5.88 Å². The molecule has 2 aromatic rings. The Morgan fingerprint density at radius 3 is 2.50 bits per heavy atom. The predicted octanol–water partition coefficient (Wildman–Crippen LogP) is 5.34. The highest BCUT2D eigenvalue weighted by atomic mass is 35.5. The average molecular weight is 332 g/mol. The van der Waals surface area contributed by atoms with E-state index >= 15 is 0 Å². The SMILES string of the molecule is Fc1cc(Cl)ccc1C1(CCl)OC1c1cccc(Cl)c1. The molecule has 0 aromatic heterocycles. The highest BCUT2D eigenvalue weighted by molar-refractivity contribution is 6.30. The molecule has 0 spiro atoms. The first-order valence-corrected chi connectivity index (χ1v) is 7.30. The van der Waals surface area contributed by atoms with Gasteiger partial charge in [-0.15, -0.1) is 11.6 Å². The maximum Gasteiger partial charge on any atom is 0.141 e. The summed E-state index contributed by atoms with van der Waals surface area (Å²) >= 11 is 17.8. The van der Waals surface area contributed by atoms with E-state index in [0.29, 0.717) is 15.6 Å². The van der Waals surface area contributed by atoms with Crippen molar-refractivity contribution in [2.24, 2.45) is 0 Å². The van der Waals surface area contributed by atoms with Crippen LogP contribution in [0.4, 0.5) is 4.39 Å². The maximum absolute atomic E-state index is 14.1. The third kappa shape index (κ3) is 2.31. The van der Waals surface area contributed by atoms with Crippen LogP contribution < -0.4 is 0 Å². The number of benzene rings is 2. The number of hydrogen-bond donors (Lipinski definition) is 0. The Balaban J connectivity index is 1.99. The van der Waals surface area contributed by atoms with Gasteiger partial charge in [0, 0.05) is 15.6 Å². The molecular weight excluding hydrogens is 322 g/mol. The van der Waals surface area contributed by atoms with E-state index in [4.69, 9.17) is 39.5 Å². The lowest BCUT2D eigenvalue weighted by Gasteiger charge is -2.11. The second-order valence-electron chi connectivity index (χ2n) is 4.70. The molecule has 0 saturated carbocycles. The molecule has 1 aliphatic heterocycles. The van der Waals surface area contributed by atoms with E-state index in [1.807, 2.05) is 12.1 Å². The van der Waals surface area contributed by atoms with Gasteiger partial charge < -0.3 is 4.74 Å². The van der Waals surface area contributed by atoms with Crippen molar-refractivity contribution in [3.63, 3.8) is 0 Å². The number of hydrogen-bond acceptors (Lipinski definition) is 1. The van der Waals surface area contributed by atoms with Crippen LogP contribution in [0.25, 0.3) is 0 Å². The van der Waals surface area contributed by atoms with Crippen molar-refractivity contribution >= 4 is 34.8 Å². The monoisotopic (exact) mass is 330 g/mol. The van der Waals surface area contributed by atoms with Crippen molar-refractivity contribution < 1.29 is 9.13 Å². The Morgan fingerprint density at radius 1 is 1.10 bits per heavy atom. The molecule has 1 aliphatic rings. The summed E-state index contributed by atoms with van der Waals surface area (Å²) in [5.74, 6) is -0.259. The van der Waals surface area contributed by atoms with Gasteiger partial charge in [0.05, 0.1) is 5.88 Å². The lowest BCUT2D eigenvalue weighted by atomic mass is 9.93. The van der Waals surface area contributed by atoms with E-state index in [-0.39, 0.29) is 12.0 Å². The summed E-state index contributed by atoms with van der Waals surface area (Å²) in [6.45, 7) is 0. The van der Waals surface area contributed by atoms with Crippen LogP contribution in [-0.2, 0) is 10.3 Å². The fraction of sp³-hybridized carbons (Fsp3) is 0.200. The topological polar surface area (TPSA) is 12.5 Å². The van der Waals surface area contributed by atoms with Crippen molar-refractivity contribution in [1.29, 1.82) is 0 Å². The Morgan fingerprint density at radius 2 is 1.85 bits per heavy atom. The number of ether oxygens (including phenoxy) is 1. The van der Waals surface area contributed by atoms with Gasteiger partial charge >= 0.3 is 0 Å². The van der Waals surface area contributed by atoms with Crippen LogP contribution >= 0.6 is 34.8 Å². The van der Waals surface area contributed by atoms with Gasteiger partial charge in [-0.05, 0) is 29.8 Å². The molecule has 3 rings (SSSR count). The zero-order chi connectivity index (χ0) is 14.3. The molecule has 0 amide bonds. The fourth-order valence-electron chi connectivity index (χ4n) is 2.39. The quantitative estimate of drug-likeness (QED) is 0.546. The first-order chi connectivity index (χ1) is 9.56. The highest BCUT2D eigenvalue weighted by Crippen LogP contribution is 2.58. The molecule has 104 valence electrons. The number of halogens is 4. The summed E-state index contributed by atoms with van der Waals surface area (Å²) in [6, 6.07) is 11.8. The first-order valence-electron chi connectivity index (χ1n) is 6.01. The first kappa shape index (κ1) is 14.2. The Kier molecular flexibility index (Phi) is 3.67. The smallest absolute Gasteiger partial charge is 0.141 e. The minimum absolute atomic E-state index is 0.155. The van der Waals surface area contributed by atoms with Crippen LogP contribution in [0.3, 0.4) is 0 Å². The zero-order valence-electron chi connectivity index (χ0n) is 10.2. The number of alkyl halides is 1. The van der Waals surface area contributed by atoms with Gasteiger partial charge in [0.25, 0.3) is 0 Å². The normalized spacial score (nSPS) is 24.7. The van der Waals surface area contributed by atoms with Crippen molar-refractivity contribution in [2.45, 2.75) is 11.7 Å². The summed E-state index contributed by atoms with van der Waals surface area (Å²) in [7, 11) is 0. The van der Waals surface area contributed by atoms with Gasteiger partial charge in [-0.3, -0.25) is 0 Å². The standard InChI is InChI=1S/C15H10Cl3FO/c16-8-15(12-5-4-11(18)7-13(12)19)14(20-15)9-2-1-3-10(17)6-9/h1-7,14H,8H2. The molecule has 2 atom stereocenters. The molecule has 1 fully saturated rings. The van der Waals surface area contributed by atoms with E-state index in [1.165, 1.54) is 6.07 Å². The van der Waals surface area contributed by atoms with E-state index in [9.17, 15) is 4.39 Å². The van der Waals surface area contributed by atoms with Gasteiger partial charge in [-0.2, -0.15) is 0 Å². The van der Waals surface area contributed by atoms with Gasteiger partial charge in [0.2, 0.25) is 0 Å². The summed E-state index contributed by atoms with van der Waals surface area (Å²) in [5, 5.41) is 0.953. The summed E-state index contributed by atoms with van der Waals surface area (Å²) in [6.07, 6.45) is -0.297. The molecule has 0 N–H and O–H groups in total. The second-order valence-corrected chi connectivity index (χ2v) is 5.84. The largest absolute Gasteiger partial charge is 0.354 e. The molecule has 5 heteroatoms. The molecule has 0 aliphatic carbocycles. The van der Waals surface area contributed by atoms with Gasteiger partial charge in [0.1, 0.15) is 17.5 Å². The summed E-state index contributed by atoms with van der Waals surface area (Å²) < 4.78 is 19.8. The van der Waals surface area contributed by atoms with E-state index < -0.39 is 11.4 Å². The van der Waals surface area contributed by atoms with Crippen LogP contribution in [0, 0.1) is 5.82 Å². The average Bonchev–Trinajstić information content (AvgIpc) is 3.14. The molecule has 1 saturated heterocycles. The Bertz CT molecular complexity index is 661. The number of rotatable bonds is 3. The van der Waals surface area contributed by atoms with Crippen LogP contribution in [0.15, 0.2) is 42.5 Å². The van der Waals surface area contributed by atoms with Crippen molar-refractivity contribution in [3.05, 3.63) is 69.5 Å². The Labute approximate surface area is 131 Å². The minimum atomic E-state index is -0.846. The van der Waals surface area contributed by atoms with Crippen LogP contribution in [0.2, 0.25) is 10.0 Å². The predicted molar refractivity (Wildman–Crippen MR) is 79.1 cm³/mol. The van der Waals surface area contributed by atoms with E-state index in [0.717, 1.165) is 5.56 Å². The third-order valence-corrected chi connectivity index (χ3v) is 4.30. The van der Waals surface area contributed by atoms with E-state index in [2.05, 4.69) is 0 Å². The molecule has 1 heterocycles. The summed E-state index contributed by atoms with van der Waals surface area (Å²) in [5.41, 5.74) is 0.454. The number of epoxide rings is 1. The second kappa shape index (κ2) is 5.19. The molecule has 0 bridgehead atoms. The molecule has 1 nitrogen and oxygen atoms in total. The van der Waals surface area contributed by atoms with E-state index in [1.54, 1.807) is 24.3 Å². The van der Waals surface area contributed by atoms with Crippen LogP contribution in [0.5, 0.6) is 0 Å². The third-order valence-electron chi connectivity index (χ3n) is 3.43. The van der Waals surface area contributed by atoms with Gasteiger partial charge in [0.15, 0.2) is 0 Å². The van der Waals surface area contributed by atoms with Crippen molar-refractivity contribution in [1.82, 2.24) is 0 Å². The molecule has 20 heavy (non-hydrogen) atoms. The van der Waals surface area contributed by atoms with Crippen LogP contribution in [0.1, 0.15) is 17.2 Å². The van der Waals surface area contributed by atoms with Gasteiger partial charge in [-0.1, -0.05) is 41.4 Å². The Hall–Kier alpha value is -0.800. The highest BCUT2D eigenvalue weighted by Gasteiger charge is 2.59. The fourth-order valence-corrected chi connectivity index (χ4v) is 3.10. The molecule has 2 unspecified atom stereocenters. The molecular formula is C15H10Cl3FO. The lowest BCUT2D eigenvalue weighted by Crippen LogP contribution is -2.14. The minimum Gasteiger partial charge on any atom is -0.354 e.